The smallest absolute Gasteiger partial charge is 0.189 e. The van der Waals surface area contributed by atoms with Gasteiger partial charge in [0, 0.05) is 18.2 Å². The quantitative estimate of drug-likeness (QED) is 0.577. The van der Waals surface area contributed by atoms with Gasteiger partial charge in [-0.25, -0.2) is 0 Å². The summed E-state index contributed by atoms with van der Waals surface area (Å²) in [6.45, 7) is 8.42. The minimum Gasteiger partial charge on any atom is -0.467 e. The van der Waals surface area contributed by atoms with E-state index < -0.39 is 0 Å². The van der Waals surface area contributed by atoms with Crippen LogP contribution in [-0.4, -0.2) is 19.4 Å². The summed E-state index contributed by atoms with van der Waals surface area (Å²) >= 11 is 0. The van der Waals surface area contributed by atoms with Gasteiger partial charge in [-0.3, -0.25) is 0 Å². The average molecular weight is 263 g/mol. The normalized spacial score (nSPS) is 14.9. The van der Waals surface area contributed by atoms with E-state index in [4.69, 9.17) is 9.47 Å². The summed E-state index contributed by atoms with van der Waals surface area (Å²) < 4.78 is 11.3. The first-order valence-electron chi connectivity index (χ1n) is 7.18. The van der Waals surface area contributed by atoms with Crippen LogP contribution in [-0.2, 0) is 11.3 Å². The van der Waals surface area contributed by atoms with Crippen molar-refractivity contribution in [1.29, 1.82) is 0 Å². The lowest BCUT2D eigenvalue weighted by Gasteiger charge is -2.14. The number of hydrogen-bond donors (Lipinski definition) is 1. The van der Waals surface area contributed by atoms with Crippen LogP contribution in [0, 0.1) is 12.8 Å². The van der Waals surface area contributed by atoms with Crippen LogP contribution in [0.5, 0.6) is 5.75 Å². The zero-order valence-electron chi connectivity index (χ0n) is 12.2. The van der Waals surface area contributed by atoms with Crippen LogP contribution >= 0.6 is 0 Å². The zero-order valence-corrected chi connectivity index (χ0v) is 12.2. The monoisotopic (exact) mass is 263 g/mol. The van der Waals surface area contributed by atoms with Crippen LogP contribution in [0.3, 0.4) is 0 Å². The molecule has 0 heterocycles. The summed E-state index contributed by atoms with van der Waals surface area (Å²) in [7, 11) is 0. The largest absolute Gasteiger partial charge is 0.467 e. The highest BCUT2D eigenvalue weighted by Crippen LogP contribution is 2.28. The molecule has 0 aromatic heterocycles. The van der Waals surface area contributed by atoms with Gasteiger partial charge < -0.3 is 14.8 Å². The van der Waals surface area contributed by atoms with Crippen molar-refractivity contribution >= 4 is 0 Å². The van der Waals surface area contributed by atoms with Crippen LogP contribution in [0.1, 0.15) is 37.8 Å². The zero-order chi connectivity index (χ0) is 13.7. The molecule has 0 aliphatic heterocycles. The molecule has 1 fully saturated rings. The van der Waals surface area contributed by atoms with E-state index in [1.54, 1.807) is 0 Å². The Balaban J connectivity index is 1.85. The number of hydrogen-bond acceptors (Lipinski definition) is 3. The van der Waals surface area contributed by atoms with Crippen molar-refractivity contribution in [2.45, 2.75) is 46.2 Å². The van der Waals surface area contributed by atoms with Gasteiger partial charge in [-0.15, -0.1) is 0 Å². The van der Waals surface area contributed by atoms with Crippen molar-refractivity contribution < 1.29 is 9.47 Å². The van der Waals surface area contributed by atoms with Crippen LogP contribution < -0.4 is 10.1 Å². The molecule has 1 aliphatic rings. The van der Waals surface area contributed by atoms with Gasteiger partial charge >= 0.3 is 0 Å². The lowest BCUT2D eigenvalue weighted by Crippen LogP contribution is -2.22. The van der Waals surface area contributed by atoms with Crippen molar-refractivity contribution in [3.8, 4) is 5.75 Å². The highest BCUT2D eigenvalue weighted by atomic mass is 16.7. The molecule has 2 rings (SSSR count). The molecule has 0 bridgehead atoms. The molecule has 1 aromatic rings. The molecule has 1 N–H and O–H groups in total. The molecule has 106 valence electrons. The molecular weight excluding hydrogens is 238 g/mol. The first kappa shape index (κ1) is 14.4. The second-order valence-corrected chi connectivity index (χ2v) is 5.72. The number of ether oxygens (including phenoxy) is 2. The average Bonchev–Trinajstić information content (AvgIpc) is 3.18. The van der Waals surface area contributed by atoms with Crippen LogP contribution in [0.25, 0.3) is 0 Å². The van der Waals surface area contributed by atoms with Gasteiger partial charge in [0.1, 0.15) is 5.75 Å². The molecule has 3 heteroatoms. The van der Waals surface area contributed by atoms with E-state index in [2.05, 4.69) is 38.2 Å². The maximum Gasteiger partial charge on any atom is 0.189 e. The van der Waals surface area contributed by atoms with E-state index in [1.165, 1.54) is 24.0 Å². The topological polar surface area (TPSA) is 30.5 Å². The van der Waals surface area contributed by atoms with Crippen molar-refractivity contribution in [1.82, 2.24) is 5.32 Å². The first-order chi connectivity index (χ1) is 9.15. The molecular formula is C16H25NO2. The molecule has 1 saturated carbocycles. The number of aryl methyl sites for hydroxylation is 1. The summed E-state index contributed by atoms with van der Waals surface area (Å²) in [5, 5.41) is 3.43. The van der Waals surface area contributed by atoms with E-state index in [9.17, 15) is 0 Å². The first-order valence-corrected chi connectivity index (χ1v) is 7.18. The third kappa shape index (κ3) is 5.21. The third-order valence-electron chi connectivity index (χ3n) is 3.26. The number of rotatable bonds is 8. The molecule has 0 spiro atoms. The van der Waals surface area contributed by atoms with Crippen molar-refractivity contribution in [3.63, 3.8) is 0 Å². The van der Waals surface area contributed by atoms with Crippen molar-refractivity contribution in [2.24, 2.45) is 5.92 Å². The summed E-state index contributed by atoms with van der Waals surface area (Å²) in [6.07, 6.45) is 2.63. The molecule has 0 amide bonds. The highest BCUT2D eigenvalue weighted by molar-refractivity contribution is 5.36. The molecule has 19 heavy (non-hydrogen) atoms. The Kier molecular flexibility index (Phi) is 5.23. The van der Waals surface area contributed by atoms with Gasteiger partial charge in [0.25, 0.3) is 0 Å². The molecule has 1 aromatic carbocycles. The predicted octanol–water partition coefficient (Wildman–Crippen LogP) is 3.26. The molecule has 0 saturated heterocycles. The summed E-state index contributed by atoms with van der Waals surface area (Å²) in [5.41, 5.74) is 2.45. The maximum absolute atomic E-state index is 5.74. The standard InChI is InChI=1S/C16H25NO2/c1-12(2)17-9-15-8-13(3)4-7-16(15)19-11-18-10-14-5-6-14/h4,7-8,12,14,17H,5-6,9-11H2,1-3H3. The fourth-order valence-electron chi connectivity index (χ4n) is 1.91. The number of benzene rings is 1. The Bertz CT molecular complexity index is 400. The van der Waals surface area contributed by atoms with Crippen LogP contribution in [0.4, 0.5) is 0 Å². The lowest BCUT2D eigenvalue weighted by atomic mass is 10.1. The second-order valence-electron chi connectivity index (χ2n) is 5.72. The maximum atomic E-state index is 5.74. The fourth-order valence-corrected chi connectivity index (χ4v) is 1.91. The second kappa shape index (κ2) is 6.92. The molecule has 3 nitrogen and oxygen atoms in total. The van der Waals surface area contributed by atoms with Gasteiger partial charge in [-0.1, -0.05) is 31.5 Å². The van der Waals surface area contributed by atoms with E-state index in [1.807, 2.05) is 6.07 Å². The minimum absolute atomic E-state index is 0.355. The lowest BCUT2D eigenvalue weighted by molar-refractivity contribution is 0.00940. The summed E-state index contributed by atoms with van der Waals surface area (Å²) in [6, 6.07) is 6.76. The van der Waals surface area contributed by atoms with Gasteiger partial charge in [-0.05, 0) is 31.7 Å². The van der Waals surface area contributed by atoms with Crippen LogP contribution in [0.15, 0.2) is 18.2 Å². The molecule has 1 aliphatic carbocycles. The van der Waals surface area contributed by atoms with Crippen molar-refractivity contribution in [2.75, 3.05) is 13.4 Å². The predicted molar refractivity (Wildman–Crippen MR) is 77.3 cm³/mol. The van der Waals surface area contributed by atoms with E-state index in [0.29, 0.717) is 12.8 Å². The van der Waals surface area contributed by atoms with E-state index >= 15 is 0 Å². The fraction of sp³-hybridized carbons (Fsp3) is 0.625. The van der Waals surface area contributed by atoms with Crippen molar-refractivity contribution in [3.05, 3.63) is 29.3 Å². The van der Waals surface area contributed by atoms with Gasteiger partial charge in [0.2, 0.25) is 0 Å². The minimum atomic E-state index is 0.355. The van der Waals surface area contributed by atoms with E-state index in [0.717, 1.165) is 24.8 Å². The Hall–Kier alpha value is -1.06. The molecule has 0 unspecified atom stereocenters. The number of nitrogens with one attached hydrogen (secondary N) is 1. The van der Waals surface area contributed by atoms with E-state index in [-0.39, 0.29) is 0 Å². The Labute approximate surface area is 116 Å². The Morgan fingerprint density at radius 3 is 2.79 bits per heavy atom. The molecule has 0 atom stereocenters. The summed E-state index contributed by atoms with van der Waals surface area (Å²) in [5.74, 6) is 1.71. The molecule has 0 radical (unpaired) electrons. The third-order valence-corrected chi connectivity index (χ3v) is 3.26. The van der Waals surface area contributed by atoms with Gasteiger partial charge in [-0.2, -0.15) is 0 Å². The van der Waals surface area contributed by atoms with Crippen LogP contribution in [0.2, 0.25) is 0 Å². The van der Waals surface area contributed by atoms with Gasteiger partial charge in [0.15, 0.2) is 6.79 Å². The Morgan fingerprint density at radius 1 is 1.32 bits per heavy atom. The summed E-state index contributed by atoms with van der Waals surface area (Å²) in [4.78, 5) is 0. The Morgan fingerprint density at radius 2 is 2.11 bits per heavy atom. The SMILES string of the molecule is Cc1ccc(OCOCC2CC2)c(CNC(C)C)c1. The van der Waals surface area contributed by atoms with Gasteiger partial charge in [0.05, 0.1) is 6.61 Å². The highest BCUT2D eigenvalue weighted by Gasteiger charge is 2.21.